The van der Waals surface area contributed by atoms with Crippen LogP contribution in [0.5, 0.6) is 0 Å². The summed E-state index contributed by atoms with van der Waals surface area (Å²) in [7, 11) is 0. The highest BCUT2D eigenvalue weighted by Crippen LogP contribution is 2.18. The van der Waals surface area contributed by atoms with Gasteiger partial charge in [-0.25, -0.2) is 4.79 Å². The predicted molar refractivity (Wildman–Crippen MR) is 117 cm³/mol. The number of benzene rings is 3. The van der Waals surface area contributed by atoms with Gasteiger partial charge in [0.25, 0.3) is 0 Å². The van der Waals surface area contributed by atoms with Crippen molar-refractivity contribution in [1.82, 2.24) is 9.55 Å². The number of halogens is 1. The highest BCUT2D eigenvalue weighted by atomic mass is 35.5. The molecule has 1 N–H and O–H groups in total. The molecule has 0 saturated heterocycles. The van der Waals surface area contributed by atoms with Crippen molar-refractivity contribution in [2.24, 2.45) is 0 Å². The molecular formula is C24H17ClN2O2. The lowest BCUT2D eigenvalue weighted by Gasteiger charge is -2.03. The van der Waals surface area contributed by atoms with Gasteiger partial charge in [-0.1, -0.05) is 72.3 Å². The molecular weight excluding hydrogens is 384 g/mol. The third-order valence-corrected chi connectivity index (χ3v) is 4.76. The van der Waals surface area contributed by atoms with E-state index >= 15 is 0 Å². The summed E-state index contributed by atoms with van der Waals surface area (Å²) in [6.45, 7) is 0. The second kappa shape index (κ2) is 8.17. The zero-order valence-corrected chi connectivity index (χ0v) is 16.1. The van der Waals surface area contributed by atoms with Gasteiger partial charge in [-0.3, -0.25) is 9.36 Å². The van der Waals surface area contributed by atoms with Gasteiger partial charge in [0.15, 0.2) is 5.78 Å². The minimum Gasteiger partial charge on any atom is -0.305 e. The number of rotatable bonds is 5. The summed E-state index contributed by atoms with van der Waals surface area (Å²) in [4.78, 5) is 27.9. The molecule has 4 nitrogen and oxygen atoms in total. The van der Waals surface area contributed by atoms with Crippen LogP contribution in [0, 0.1) is 0 Å². The number of hydrogen-bond acceptors (Lipinski definition) is 2. The number of carbonyl (C=O) groups excluding carboxylic acids is 1. The van der Waals surface area contributed by atoms with Gasteiger partial charge in [-0.2, -0.15) is 0 Å². The molecule has 29 heavy (non-hydrogen) atoms. The Labute approximate surface area is 172 Å². The highest BCUT2D eigenvalue weighted by Gasteiger charge is 2.09. The molecule has 5 heteroatoms. The molecule has 0 spiro atoms. The fraction of sp³-hybridized carbons (Fsp3) is 0. The number of aromatic amines is 1. The molecule has 0 saturated carbocycles. The van der Waals surface area contributed by atoms with E-state index in [0.29, 0.717) is 16.3 Å². The van der Waals surface area contributed by atoms with Crippen LogP contribution in [0.25, 0.3) is 23.0 Å². The Hall–Kier alpha value is -3.63. The second-order valence-electron chi connectivity index (χ2n) is 6.51. The van der Waals surface area contributed by atoms with Crippen LogP contribution in [-0.4, -0.2) is 15.3 Å². The van der Waals surface area contributed by atoms with Crippen molar-refractivity contribution in [3.8, 4) is 16.9 Å². The minimum atomic E-state index is -0.259. The maximum absolute atomic E-state index is 12.6. The molecule has 0 atom stereocenters. The summed E-state index contributed by atoms with van der Waals surface area (Å²) in [5.41, 5.74) is 3.39. The summed E-state index contributed by atoms with van der Waals surface area (Å²) in [6.07, 6.45) is 4.99. The van der Waals surface area contributed by atoms with Crippen molar-refractivity contribution >= 4 is 23.5 Å². The second-order valence-corrected chi connectivity index (χ2v) is 6.94. The van der Waals surface area contributed by atoms with Crippen LogP contribution in [-0.2, 0) is 0 Å². The first-order valence-electron chi connectivity index (χ1n) is 9.06. The van der Waals surface area contributed by atoms with Gasteiger partial charge >= 0.3 is 5.69 Å². The third kappa shape index (κ3) is 4.28. The van der Waals surface area contributed by atoms with Gasteiger partial charge in [-0.15, -0.1) is 0 Å². The van der Waals surface area contributed by atoms with Gasteiger partial charge in [0.1, 0.15) is 0 Å². The largest absolute Gasteiger partial charge is 0.330 e. The molecule has 0 bridgehead atoms. The Morgan fingerprint density at radius 3 is 2.45 bits per heavy atom. The standard InChI is InChI=1S/C24H17ClN2O2/c25-20-12-9-17(10-13-20)11-14-23(28)19-7-4-8-21(15-19)27-16-22(26-24(27)29)18-5-2-1-3-6-18/h1-16H,(H,26,29)/b14-11+. The number of nitrogens with zero attached hydrogens (tertiary/aromatic N) is 1. The molecule has 4 aromatic rings. The zero-order valence-electron chi connectivity index (χ0n) is 15.4. The molecule has 0 radical (unpaired) electrons. The van der Waals surface area contributed by atoms with Crippen LogP contribution in [0.4, 0.5) is 0 Å². The van der Waals surface area contributed by atoms with Crippen molar-refractivity contribution in [1.29, 1.82) is 0 Å². The van der Waals surface area contributed by atoms with Gasteiger partial charge in [0.05, 0.1) is 11.4 Å². The molecule has 1 aromatic heterocycles. The van der Waals surface area contributed by atoms with Crippen LogP contribution in [0.3, 0.4) is 0 Å². The molecule has 1 heterocycles. The van der Waals surface area contributed by atoms with E-state index in [0.717, 1.165) is 16.8 Å². The maximum atomic E-state index is 12.6. The van der Waals surface area contributed by atoms with Gasteiger partial charge in [-0.05, 0) is 41.5 Å². The Kier molecular flexibility index (Phi) is 5.27. The molecule has 0 aliphatic rings. The summed E-state index contributed by atoms with van der Waals surface area (Å²) in [6, 6.07) is 23.8. The quantitative estimate of drug-likeness (QED) is 0.361. The summed E-state index contributed by atoms with van der Waals surface area (Å²) in [5, 5.41) is 0.646. The van der Waals surface area contributed by atoms with Crippen LogP contribution >= 0.6 is 11.6 Å². The number of carbonyl (C=O) groups is 1. The van der Waals surface area contributed by atoms with Gasteiger partial charge < -0.3 is 4.98 Å². The summed E-state index contributed by atoms with van der Waals surface area (Å²) in [5.74, 6) is -0.145. The fourth-order valence-corrected chi connectivity index (χ4v) is 3.13. The molecule has 0 amide bonds. The Bertz CT molecular complexity index is 1240. The number of imidazole rings is 1. The van der Waals surface area contributed by atoms with E-state index in [-0.39, 0.29) is 11.5 Å². The first-order valence-corrected chi connectivity index (χ1v) is 9.43. The molecule has 4 rings (SSSR count). The number of aromatic nitrogens is 2. The average molecular weight is 401 g/mol. The number of hydrogen-bond donors (Lipinski definition) is 1. The first kappa shape index (κ1) is 18.7. The molecule has 0 aliphatic carbocycles. The van der Waals surface area contributed by atoms with Crippen molar-refractivity contribution in [2.75, 3.05) is 0 Å². The minimum absolute atomic E-state index is 0.145. The fourth-order valence-electron chi connectivity index (χ4n) is 3.00. The Morgan fingerprint density at radius 1 is 0.931 bits per heavy atom. The van der Waals surface area contributed by atoms with Crippen molar-refractivity contribution in [3.63, 3.8) is 0 Å². The number of H-pyrrole nitrogens is 1. The normalized spacial score (nSPS) is 11.1. The van der Waals surface area contributed by atoms with E-state index in [9.17, 15) is 9.59 Å². The van der Waals surface area contributed by atoms with E-state index < -0.39 is 0 Å². The smallest absolute Gasteiger partial charge is 0.305 e. The number of ketones is 1. The third-order valence-electron chi connectivity index (χ3n) is 4.51. The van der Waals surface area contributed by atoms with Crippen molar-refractivity contribution in [2.45, 2.75) is 0 Å². The monoisotopic (exact) mass is 400 g/mol. The van der Waals surface area contributed by atoms with Crippen LogP contribution in [0.1, 0.15) is 15.9 Å². The van der Waals surface area contributed by atoms with Gasteiger partial charge in [0.2, 0.25) is 0 Å². The maximum Gasteiger partial charge on any atom is 0.330 e. The van der Waals surface area contributed by atoms with Crippen molar-refractivity contribution in [3.05, 3.63) is 118 Å². The van der Waals surface area contributed by atoms with Crippen molar-refractivity contribution < 1.29 is 4.79 Å². The highest BCUT2D eigenvalue weighted by molar-refractivity contribution is 6.30. The molecule has 0 fully saturated rings. The van der Waals surface area contributed by atoms with Crippen LogP contribution < -0.4 is 5.69 Å². The van der Waals surface area contributed by atoms with E-state index in [1.807, 2.05) is 42.5 Å². The summed E-state index contributed by atoms with van der Waals surface area (Å²) >= 11 is 5.88. The molecule has 142 valence electrons. The van der Waals surface area contributed by atoms with E-state index in [1.165, 1.54) is 10.6 Å². The lowest BCUT2D eigenvalue weighted by atomic mass is 10.1. The van der Waals surface area contributed by atoms with E-state index in [4.69, 9.17) is 11.6 Å². The molecule has 3 aromatic carbocycles. The zero-order chi connectivity index (χ0) is 20.2. The Balaban J connectivity index is 1.61. The number of nitrogens with one attached hydrogen (secondary N) is 1. The van der Waals surface area contributed by atoms with Gasteiger partial charge in [0, 0.05) is 16.8 Å². The summed E-state index contributed by atoms with van der Waals surface area (Å²) < 4.78 is 1.50. The van der Waals surface area contributed by atoms with Crippen LogP contribution in [0.2, 0.25) is 5.02 Å². The topological polar surface area (TPSA) is 54.9 Å². The van der Waals surface area contributed by atoms with E-state index in [2.05, 4.69) is 4.98 Å². The first-order chi connectivity index (χ1) is 14.1. The average Bonchev–Trinajstić information content (AvgIpc) is 3.15. The Morgan fingerprint density at radius 2 is 1.69 bits per heavy atom. The number of allylic oxidation sites excluding steroid dienone is 1. The lowest BCUT2D eigenvalue weighted by Crippen LogP contribution is -2.14. The lowest BCUT2D eigenvalue weighted by molar-refractivity contribution is 0.104. The van der Waals surface area contributed by atoms with Crippen LogP contribution in [0.15, 0.2) is 95.9 Å². The van der Waals surface area contributed by atoms with E-state index in [1.54, 1.807) is 48.7 Å². The predicted octanol–water partition coefficient (Wildman–Crippen LogP) is 5.38. The SMILES string of the molecule is O=C(/C=C/c1ccc(Cl)cc1)c1cccc(-n2cc(-c3ccccc3)[nH]c2=O)c1. The molecule has 0 unspecified atom stereocenters. The molecule has 0 aliphatic heterocycles.